The topological polar surface area (TPSA) is 29.5 Å². The minimum atomic E-state index is -4.37. The second-order valence-corrected chi connectivity index (χ2v) is 5.06. The van der Waals surface area contributed by atoms with Gasteiger partial charge in [-0.3, -0.25) is 0 Å². The molecule has 0 saturated carbocycles. The van der Waals surface area contributed by atoms with Crippen molar-refractivity contribution in [1.82, 2.24) is 0 Å². The van der Waals surface area contributed by atoms with Crippen molar-refractivity contribution in [2.24, 2.45) is 0 Å². The molecule has 22 heavy (non-hydrogen) atoms. The minimum Gasteiger partial charge on any atom is -0.508 e. The summed E-state index contributed by atoms with van der Waals surface area (Å²) in [7, 11) is 1.49. The third-order valence-corrected chi connectivity index (χ3v) is 3.62. The number of phenols is 1. The monoisotopic (exact) mass is 310 g/mol. The molecule has 2 aromatic rings. The summed E-state index contributed by atoms with van der Waals surface area (Å²) in [6.45, 7) is 3.52. The molecule has 1 N–H and O–H groups in total. The van der Waals surface area contributed by atoms with E-state index < -0.39 is 11.7 Å². The smallest absolute Gasteiger partial charge is 0.416 e. The first-order chi connectivity index (χ1) is 10.3. The predicted octanol–water partition coefficient (Wildman–Crippen LogP) is 4.96. The Labute approximate surface area is 127 Å². The molecule has 0 aliphatic carbocycles. The zero-order valence-electron chi connectivity index (χ0n) is 12.6. The molecule has 0 spiro atoms. The van der Waals surface area contributed by atoms with Crippen LogP contribution in [0.2, 0.25) is 0 Å². The Bertz CT molecular complexity index is 691. The van der Waals surface area contributed by atoms with E-state index in [-0.39, 0.29) is 5.75 Å². The lowest BCUT2D eigenvalue weighted by molar-refractivity contribution is -0.137. The average molecular weight is 310 g/mol. The quantitative estimate of drug-likeness (QED) is 0.868. The Morgan fingerprint density at radius 1 is 1.09 bits per heavy atom. The van der Waals surface area contributed by atoms with Gasteiger partial charge in [0.15, 0.2) is 0 Å². The summed E-state index contributed by atoms with van der Waals surface area (Å²) in [6, 6.07) is 6.81. The third-order valence-electron chi connectivity index (χ3n) is 3.62. The number of hydrogen-bond acceptors (Lipinski definition) is 2. The molecule has 0 unspecified atom stereocenters. The van der Waals surface area contributed by atoms with Crippen molar-refractivity contribution in [3.05, 3.63) is 47.0 Å². The molecule has 118 valence electrons. The molecule has 0 amide bonds. The van der Waals surface area contributed by atoms with Crippen molar-refractivity contribution in [1.29, 1.82) is 0 Å². The second-order valence-electron chi connectivity index (χ2n) is 5.06. The molecule has 0 aliphatic heterocycles. The molecule has 0 saturated heterocycles. The Kier molecular flexibility index (Phi) is 4.35. The number of halogens is 3. The fourth-order valence-corrected chi connectivity index (χ4v) is 2.37. The second kappa shape index (κ2) is 5.91. The van der Waals surface area contributed by atoms with Gasteiger partial charge in [-0.2, -0.15) is 13.2 Å². The van der Waals surface area contributed by atoms with Gasteiger partial charge in [0, 0.05) is 5.56 Å². The molecule has 2 aromatic carbocycles. The predicted molar refractivity (Wildman–Crippen MR) is 79.2 cm³/mol. The summed E-state index contributed by atoms with van der Waals surface area (Å²) in [5.74, 6) is 0.600. The van der Waals surface area contributed by atoms with Crippen molar-refractivity contribution in [2.45, 2.75) is 26.4 Å². The highest BCUT2D eigenvalue weighted by atomic mass is 19.4. The normalized spacial score (nSPS) is 11.5. The number of hydrogen-bond donors (Lipinski definition) is 1. The lowest BCUT2D eigenvalue weighted by atomic mass is 9.94. The van der Waals surface area contributed by atoms with E-state index in [4.69, 9.17) is 4.74 Å². The number of aromatic hydroxyl groups is 1. The largest absolute Gasteiger partial charge is 0.508 e. The van der Waals surface area contributed by atoms with Crippen LogP contribution in [0.15, 0.2) is 30.3 Å². The first-order valence-corrected chi connectivity index (χ1v) is 6.86. The number of rotatable bonds is 3. The summed E-state index contributed by atoms with van der Waals surface area (Å²) in [5, 5.41) is 9.89. The van der Waals surface area contributed by atoms with E-state index in [9.17, 15) is 18.3 Å². The van der Waals surface area contributed by atoms with Crippen LogP contribution in [0.3, 0.4) is 0 Å². The Morgan fingerprint density at radius 3 is 2.32 bits per heavy atom. The van der Waals surface area contributed by atoms with Crippen molar-refractivity contribution >= 4 is 0 Å². The summed E-state index contributed by atoms with van der Waals surface area (Å²) < 4.78 is 43.8. The van der Waals surface area contributed by atoms with E-state index >= 15 is 0 Å². The highest BCUT2D eigenvalue weighted by Crippen LogP contribution is 2.39. The maximum atomic E-state index is 12.8. The van der Waals surface area contributed by atoms with Crippen LogP contribution in [0, 0.1) is 6.92 Å². The van der Waals surface area contributed by atoms with E-state index in [1.54, 1.807) is 19.9 Å². The Balaban J connectivity index is 2.65. The van der Waals surface area contributed by atoms with Gasteiger partial charge in [0.2, 0.25) is 0 Å². The van der Waals surface area contributed by atoms with Gasteiger partial charge in [-0.1, -0.05) is 13.0 Å². The highest BCUT2D eigenvalue weighted by molar-refractivity contribution is 5.76. The molecule has 0 aromatic heterocycles. The molecule has 0 bridgehead atoms. The fraction of sp³-hybridized carbons (Fsp3) is 0.294. The molecule has 0 atom stereocenters. The summed E-state index contributed by atoms with van der Waals surface area (Å²) in [5.41, 5.74) is 1.73. The number of aryl methyl sites for hydroxylation is 2. The molecule has 2 rings (SSSR count). The van der Waals surface area contributed by atoms with Gasteiger partial charge >= 0.3 is 6.18 Å². The van der Waals surface area contributed by atoms with Crippen LogP contribution in [0.25, 0.3) is 11.1 Å². The third kappa shape index (κ3) is 3.03. The number of benzene rings is 2. The van der Waals surface area contributed by atoms with Crippen molar-refractivity contribution in [3.63, 3.8) is 0 Å². The maximum Gasteiger partial charge on any atom is 0.416 e. The molecule has 0 heterocycles. The zero-order chi connectivity index (χ0) is 16.5. The molecular formula is C17H17F3O2. The van der Waals surface area contributed by atoms with Crippen LogP contribution < -0.4 is 4.74 Å². The van der Waals surface area contributed by atoms with E-state index in [1.807, 2.05) is 0 Å². The maximum absolute atomic E-state index is 12.8. The first kappa shape index (κ1) is 16.2. The van der Waals surface area contributed by atoms with E-state index in [2.05, 4.69) is 0 Å². The Morgan fingerprint density at radius 2 is 1.77 bits per heavy atom. The minimum absolute atomic E-state index is 0.0813. The first-order valence-electron chi connectivity index (χ1n) is 6.86. The van der Waals surface area contributed by atoms with E-state index in [0.717, 1.165) is 12.1 Å². The summed E-state index contributed by atoms with van der Waals surface area (Å²) in [4.78, 5) is 0. The SMILES string of the molecule is CCc1cc(C(F)(F)F)ccc1-c1cc(O)c(C)cc1OC. The van der Waals surface area contributed by atoms with E-state index in [0.29, 0.717) is 34.4 Å². The van der Waals surface area contributed by atoms with E-state index in [1.165, 1.54) is 19.2 Å². The van der Waals surface area contributed by atoms with Crippen molar-refractivity contribution < 1.29 is 23.0 Å². The van der Waals surface area contributed by atoms with Gasteiger partial charge in [0.1, 0.15) is 11.5 Å². The Hall–Kier alpha value is -2.17. The zero-order valence-corrected chi connectivity index (χ0v) is 12.6. The molecule has 0 radical (unpaired) electrons. The standard InChI is InChI=1S/C17H17F3O2/c1-4-11-8-12(17(18,19)20)5-6-13(11)14-9-15(21)10(2)7-16(14)22-3/h5-9,21H,4H2,1-3H3. The van der Waals surface area contributed by atoms with Crippen LogP contribution >= 0.6 is 0 Å². The summed E-state index contributed by atoms with van der Waals surface area (Å²) >= 11 is 0. The van der Waals surface area contributed by atoms with Crippen LogP contribution in [-0.4, -0.2) is 12.2 Å². The fourth-order valence-electron chi connectivity index (χ4n) is 2.37. The number of ether oxygens (including phenoxy) is 1. The van der Waals surface area contributed by atoms with Gasteiger partial charge in [0.05, 0.1) is 12.7 Å². The van der Waals surface area contributed by atoms with Gasteiger partial charge in [-0.05, 0) is 54.3 Å². The van der Waals surface area contributed by atoms with Gasteiger partial charge < -0.3 is 9.84 Å². The van der Waals surface area contributed by atoms with Crippen LogP contribution in [-0.2, 0) is 12.6 Å². The molecule has 2 nitrogen and oxygen atoms in total. The average Bonchev–Trinajstić information content (AvgIpc) is 2.48. The van der Waals surface area contributed by atoms with Crippen molar-refractivity contribution in [3.8, 4) is 22.6 Å². The molecule has 5 heteroatoms. The molecular weight excluding hydrogens is 293 g/mol. The van der Waals surface area contributed by atoms with Gasteiger partial charge in [0.25, 0.3) is 0 Å². The lowest BCUT2D eigenvalue weighted by Gasteiger charge is -2.16. The van der Waals surface area contributed by atoms with Gasteiger partial charge in [-0.25, -0.2) is 0 Å². The highest BCUT2D eigenvalue weighted by Gasteiger charge is 2.31. The van der Waals surface area contributed by atoms with Crippen molar-refractivity contribution in [2.75, 3.05) is 7.11 Å². The lowest BCUT2D eigenvalue weighted by Crippen LogP contribution is -2.06. The summed E-state index contributed by atoms with van der Waals surface area (Å²) in [6.07, 6.45) is -3.93. The van der Waals surface area contributed by atoms with Crippen LogP contribution in [0.1, 0.15) is 23.6 Å². The van der Waals surface area contributed by atoms with Gasteiger partial charge in [-0.15, -0.1) is 0 Å². The van der Waals surface area contributed by atoms with Crippen LogP contribution in [0.4, 0.5) is 13.2 Å². The molecule has 0 fully saturated rings. The van der Waals surface area contributed by atoms with Crippen LogP contribution in [0.5, 0.6) is 11.5 Å². The number of phenolic OH excluding ortho intramolecular Hbond substituents is 1. The molecule has 0 aliphatic rings. The number of methoxy groups -OCH3 is 1. The number of alkyl halides is 3.